The maximum absolute atomic E-state index is 10.2. The van der Waals surface area contributed by atoms with Gasteiger partial charge in [-0.2, -0.15) is 5.26 Å². The molecule has 0 radical (unpaired) electrons. The van der Waals surface area contributed by atoms with E-state index in [2.05, 4.69) is 5.32 Å². The molecule has 1 rings (SSSR count). The van der Waals surface area contributed by atoms with Gasteiger partial charge in [-0.1, -0.05) is 26.0 Å². The third-order valence-corrected chi connectivity index (χ3v) is 3.52. The van der Waals surface area contributed by atoms with Crippen LogP contribution in [-0.2, 0) is 6.54 Å². The molecular formula is C16H24N2O2. The van der Waals surface area contributed by atoms with Crippen molar-refractivity contribution in [2.24, 2.45) is 0 Å². The van der Waals surface area contributed by atoms with Crippen LogP contribution in [0.5, 0.6) is 5.75 Å². The third kappa shape index (κ3) is 5.20. The van der Waals surface area contributed by atoms with E-state index in [1.165, 1.54) is 0 Å². The van der Waals surface area contributed by atoms with Crippen LogP contribution in [0.2, 0.25) is 0 Å². The molecule has 0 aliphatic rings. The molecule has 4 heteroatoms. The smallest absolute Gasteiger partial charge is 0.181 e. The molecule has 0 spiro atoms. The third-order valence-electron chi connectivity index (χ3n) is 3.52. The first kappa shape index (κ1) is 16.5. The molecule has 0 bridgehead atoms. The van der Waals surface area contributed by atoms with Gasteiger partial charge in [-0.25, -0.2) is 0 Å². The highest BCUT2D eigenvalue weighted by atomic mass is 16.5. The van der Waals surface area contributed by atoms with Gasteiger partial charge in [0.05, 0.1) is 5.60 Å². The van der Waals surface area contributed by atoms with Crippen LogP contribution < -0.4 is 10.1 Å². The van der Waals surface area contributed by atoms with Crippen LogP contribution in [0, 0.1) is 11.3 Å². The lowest BCUT2D eigenvalue weighted by Crippen LogP contribution is -2.39. The second kappa shape index (κ2) is 7.88. The molecular weight excluding hydrogens is 252 g/mol. The maximum Gasteiger partial charge on any atom is 0.181 e. The molecule has 0 fully saturated rings. The van der Waals surface area contributed by atoms with Gasteiger partial charge in [0.2, 0.25) is 0 Å². The van der Waals surface area contributed by atoms with Gasteiger partial charge < -0.3 is 15.2 Å². The summed E-state index contributed by atoms with van der Waals surface area (Å²) in [7, 11) is 0. The van der Waals surface area contributed by atoms with Gasteiger partial charge >= 0.3 is 0 Å². The summed E-state index contributed by atoms with van der Waals surface area (Å²) < 4.78 is 5.39. The molecule has 0 saturated heterocycles. The van der Waals surface area contributed by atoms with Crippen LogP contribution >= 0.6 is 0 Å². The van der Waals surface area contributed by atoms with Crippen molar-refractivity contribution < 1.29 is 9.84 Å². The van der Waals surface area contributed by atoms with Crippen molar-refractivity contribution in [3.63, 3.8) is 0 Å². The molecule has 0 aliphatic carbocycles. The molecule has 2 N–H and O–H groups in total. The Morgan fingerprint density at radius 3 is 2.40 bits per heavy atom. The van der Waals surface area contributed by atoms with E-state index in [1.54, 1.807) is 6.92 Å². The van der Waals surface area contributed by atoms with E-state index in [4.69, 9.17) is 10.00 Å². The van der Waals surface area contributed by atoms with Crippen LogP contribution in [-0.4, -0.2) is 23.4 Å². The van der Waals surface area contributed by atoms with Gasteiger partial charge in [-0.3, -0.25) is 0 Å². The Balaban J connectivity index is 2.44. The summed E-state index contributed by atoms with van der Waals surface area (Å²) in [6, 6.07) is 9.67. The van der Waals surface area contributed by atoms with Crippen LogP contribution in [0.1, 0.15) is 39.2 Å². The number of ether oxygens (including phenoxy) is 1. The number of benzene rings is 1. The van der Waals surface area contributed by atoms with Crippen molar-refractivity contribution in [1.82, 2.24) is 5.32 Å². The Morgan fingerprint density at radius 1 is 1.30 bits per heavy atom. The first-order chi connectivity index (χ1) is 9.53. The molecule has 1 atom stereocenters. The predicted molar refractivity (Wildman–Crippen MR) is 79.4 cm³/mol. The molecule has 0 aromatic heterocycles. The number of aliphatic hydroxyl groups is 1. The van der Waals surface area contributed by atoms with Crippen LogP contribution in [0.3, 0.4) is 0 Å². The highest BCUT2D eigenvalue weighted by Crippen LogP contribution is 2.15. The Labute approximate surface area is 121 Å². The van der Waals surface area contributed by atoms with Gasteiger partial charge in [0, 0.05) is 13.1 Å². The maximum atomic E-state index is 10.2. The second-order valence-electron chi connectivity index (χ2n) is 5.07. The van der Waals surface area contributed by atoms with Gasteiger partial charge in [-0.15, -0.1) is 0 Å². The fraction of sp³-hybridized carbons (Fsp3) is 0.562. The summed E-state index contributed by atoms with van der Waals surface area (Å²) >= 11 is 0. The first-order valence-corrected chi connectivity index (χ1v) is 7.11. The first-order valence-electron chi connectivity index (χ1n) is 7.11. The average Bonchev–Trinajstić information content (AvgIpc) is 2.48. The standard InChI is InChI=1S/C16H24N2O2/c1-4-16(19,5-2)12-18-11-14-6-8-15(9-7-14)20-13(3)10-17/h6-9,13,18-19H,4-5,11-12H2,1-3H3. The molecule has 0 amide bonds. The minimum atomic E-state index is -0.620. The zero-order valence-electron chi connectivity index (χ0n) is 12.5. The predicted octanol–water partition coefficient (Wildman–Crippen LogP) is 2.62. The lowest BCUT2D eigenvalue weighted by atomic mass is 9.97. The molecule has 20 heavy (non-hydrogen) atoms. The van der Waals surface area contributed by atoms with Crippen LogP contribution in [0.4, 0.5) is 0 Å². The highest BCUT2D eigenvalue weighted by Gasteiger charge is 2.20. The Kier molecular flexibility index (Phi) is 6.50. The SMILES string of the molecule is CCC(O)(CC)CNCc1ccc(OC(C)C#N)cc1. The lowest BCUT2D eigenvalue weighted by Gasteiger charge is -2.25. The van der Waals surface area contributed by atoms with Crippen molar-refractivity contribution in [3.05, 3.63) is 29.8 Å². The van der Waals surface area contributed by atoms with Crippen molar-refractivity contribution in [2.45, 2.75) is 51.9 Å². The quantitative estimate of drug-likeness (QED) is 0.766. The summed E-state index contributed by atoms with van der Waals surface area (Å²) in [5.41, 5.74) is 0.502. The number of hydrogen-bond acceptors (Lipinski definition) is 4. The van der Waals surface area contributed by atoms with E-state index in [0.29, 0.717) is 18.8 Å². The Bertz CT molecular complexity index is 433. The van der Waals surface area contributed by atoms with E-state index < -0.39 is 11.7 Å². The summed E-state index contributed by atoms with van der Waals surface area (Å²) in [5.74, 6) is 0.696. The topological polar surface area (TPSA) is 65.3 Å². The summed E-state index contributed by atoms with van der Waals surface area (Å²) in [6.07, 6.45) is 1.05. The van der Waals surface area contributed by atoms with Gasteiger partial charge in [-0.05, 0) is 37.5 Å². The highest BCUT2D eigenvalue weighted by molar-refractivity contribution is 5.27. The fourth-order valence-corrected chi connectivity index (χ4v) is 1.86. The summed E-state index contributed by atoms with van der Waals surface area (Å²) in [4.78, 5) is 0. The van der Waals surface area contributed by atoms with Gasteiger partial charge in [0.25, 0.3) is 0 Å². The van der Waals surface area contributed by atoms with Crippen LogP contribution in [0.15, 0.2) is 24.3 Å². The molecule has 0 heterocycles. The molecule has 1 unspecified atom stereocenters. The minimum absolute atomic E-state index is 0.442. The van der Waals surface area contributed by atoms with E-state index in [0.717, 1.165) is 18.4 Å². The zero-order chi connectivity index (χ0) is 15.0. The minimum Gasteiger partial charge on any atom is -0.476 e. The van der Waals surface area contributed by atoms with Crippen molar-refractivity contribution >= 4 is 0 Å². The van der Waals surface area contributed by atoms with Gasteiger partial charge in [0.15, 0.2) is 6.10 Å². The Hall–Kier alpha value is -1.57. The molecule has 1 aromatic rings. The van der Waals surface area contributed by atoms with Crippen molar-refractivity contribution in [3.8, 4) is 11.8 Å². The second-order valence-corrected chi connectivity index (χ2v) is 5.07. The molecule has 110 valence electrons. The zero-order valence-corrected chi connectivity index (χ0v) is 12.5. The monoisotopic (exact) mass is 276 g/mol. The van der Waals surface area contributed by atoms with E-state index >= 15 is 0 Å². The molecule has 1 aromatic carbocycles. The fourth-order valence-electron chi connectivity index (χ4n) is 1.86. The van der Waals surface area contributed by atoms with E-state index in [-0.39, 0.29) is 0 Å². The number of nitrogens with one attached hydrogen (secondary N) is 1. The molecule has 0 aliphatic heterocycles. The van der Waals surface area contributed by atoms with E-state index in [9.17, 15) is 5.11 Å². The number of nitriles is 1. The molecule has 0 saturated carbocycles. The number of hydrogen-bond donors (Lipinski definition) is 2. The van der Waals surface area contributed by atoms with Crippen molar-refractivity contribution in [1.29, 1.82) is 5.26 Å². The summed E-state index contributed by atoms with van der Waals surface area (Å²) in [6.45, 7) is 6.99. The van der Waals surface area contributed by atoms with Crippen LogP contribution in [0.25, 0.3) is 0 Å². The van der Waals surface area contributed by atoms with Gasteiger partial charge in [0.1, 0.15) is 11.8 Å². The lowest BCUT2D eigenvalue weighted by molar-refractivity contribution is 0.0323. The number of rotatable bonds is 8. The largest absolute Gasteiger partial charge is 0.476 e. The number of nitrogens with zero attached hydrogens (tertiary/aromatic N) is 1. The van der Waals surface area contributed by atoms with E-state index in [1.807, 2.05) is 44.2 Å². The average molecular weight is 276 g/mol. The Morgan fingerprint density at radius 2 is 1.90 bits per heavy atom. The summed E-state index contributed by atoms with van der Waals surface area (Å²) in [5, 5.41) is 22.1. The molecule has 4 nitrogen and oxygen atoms in total. The van der Waals surface area contributed by atoms with Crippen molar-refractivity contribution in [2.75, 3.05) is 6.54 Å². The normalized spacial score (nSPS) is 12.8.